The second-order valence-electron chi connectivity index (χ2n) is 7.05. The molecule has 0 saturated heterocycles. The number of ether oxygens (including phenoxy) is 2. The molecule has 32 heavy (non-hydrogen) atoms. The van der Waals surface area contributed by atoms with Gasteiger partial charge in [-0.1, -0.05) is 28.1 Å². The number of amides is 1. The molecule has 3 aromatic rings. The van der Waals surface area contributed by atoms with Gasteiger partial charge in [-0.05, 0) is 48.9 Å². The standard InChI is InChI=1S/C23H23BrN2O6/c1-15-21(25-16(2)31-15)10-11-30-20-5-3-4-17(12-20)13-26(14-22(27)28)23(29)32-19-8-6-18(24)7-9-19/h3-9,12H,10-11,13-14H2,1-2H3,(H,27,28). The minimum absolute atomic E-state index is 0.0560. The van der Waals surface area contributed by atoms with E-state index in [1.807, 2.05) is 6.92 Å². The molecule has 9 heteroatoms. The largest absolute Gasteiger partial charge is 0.493 e. The van der Waals surface area contributed by atoms with Crippen LogP contribution < -0.4 is 9.47 Å². The summed E-state index contributed by atoms with van der Waals surface area (Å²) in [5.41, 5.74) is 1.56. The summed E-state index contributed by atoms with van der Waals surface area (Å²) in [5.74, 6) is 1.19. The second-order valence-corrected chi connectivity index (χ2v) is 7.97. The van der Waals surface area contributed by atoms with Crippen LogP contribution in [0.15, 0.2) is 57.4 Å². The second kappa shape index (κ2) is 10.8. The molecular formula is C23H23BrN2O6. The highest BCUT2D eigenvalue weighted by Gasteiger charge is 2.20. The summed E-state index contributed by atoms with van der Waals surface area (Å²) >= 11 is 3.31. The number of aliphatic carboxylic acids is 1. The predicted molar refractivity (Wildman–Crippen MR) is 120 cm³/mol. The number of benzene rings is 2. The molecule has 1 N–H and O–H groups in total. The average Bonchev–Trinajstić information content (AvgIpc) is 3.06. The van der Waals surface area contributed by atoms with Gasteiger partial charge in [-0.25, -0.2) is 9.78 Å². The number of carboxylic acids is 1. The monoisotopic (exact) mass is 502 g/mol. The van der Waals surface area contributed by atoms with Crippen LogP contribution in [0.5, 0.6) is 11.5 Å². The Morgan fingerprint density at radius 3 is 2.53 bits per heavy atom. The summed E-state index contributed by atoms with van der Waals surface area (Å²) in [5, 5.41) is 9.22. The average molecular weight is 503 g/mol. The Balaban J connectivity index is 1.62. The zero-order valence-corrected chi connectivity index (χ0v) is 19.3. The summed E-state index contributed by atoms with van der Waals surface area (Å²) in [6, 6.07) is 13.8. The third-order valence-electron chi connectivity index (χ3n) is 4.48. The topological polar surface area (TPSA) is 102 Å². The van der Waals surface area contributed by atoms with Crippen molar-refractivity contribution in [2.24, 2.45) is 0 Å². The third kappa shape index (κ3) is 6.84. The number of carbonyl (C=O) groups is 2. The molecule has 0 aliphatic rings. The zero-order chi connectivity index (χ0) is 23.1. The van der Waals surface area contributed by atoms with E-state index >= 15 is 0 Å². The fourth-order valence-electron chi connectivity index (χ4n) is 3.04. The molecule has 0 atom stereocenters. The summed E-state index contributed by atoms with van der Waals surface area (Å²) in [7, 11) is 0. The number of aryl methyl sites for hydroxylation is 2. The maximum Gasteiger partial charge on any atom is 0.416 e. The summed E-state index contributed by atoms with van der Waals surface area (Å²) < 4.78 is 17.4. The molecule has 0 bridgehead atoms. The highest BCUT2D eigenvalue weighted by molar-refractivity contribution is 9.10. The minimum Gasteiger partial charge on any atom is -0.493 e. The van der Waals surface area contributed by atoms with E-state index in [0.717, 1.165) is 20.8 Å². The van der Waals surface area contributed by atoms with Gasteiger partial charge in [-0.15, -0.1) is 0 Å². The van der Waals surface area contributed by atoms with Gasteiger partial charge < -0.3 is 19.0 Å². The van der Waals surface area contributed by atoms with Gasteiger partial charge in [0, 0.05) is 24.4 Å². The maximum atomic E-state index is 12.6. The van der Waals surface area contributed by atoms with Crippen LogP contribution in [0, 0.1) is 13.8 Å². The molecule has 0 radical (unpaired) electrons. The van der Waals surface area contributed by atoms with Crippen LogP contribution in [0.2, 0.25) is 0 Å². The fraction of sp³-hybridized carbons (Fsp3) is 0.261. The van der Waals surface area contributed by atoms with Crippen LogP contribution in [0.3, 0.4) is 0 Å². The maximum absolute atomic E-state index is 12.6. The molecule has 168 valence electrons. The van der Waals surface area contributed by atoms with Gasteiger partial charge >= 0.3 is 12.1 Å². The van der Waals surface area contributed by atoms with Crippen molar-refractivity contribution in [3.63, 3.8) is 0 Å². The lowest BCUT2D eigenvalue weighted by atomic mass is 10.2. The smallest absolute Gasteiger partial charge is 0.416 e. The van der Waals surface area contributed by atoms with Crippen LogP contribution in [0.4, 0.5) is 4.79 Å². The van der Waals surface area contributed by atoms with Crippen LogP contribution in [-0.4, -0.2) is 40.2 Å². The number of carbonyl (C=O) groups excluding carboxylic acids is 1. The van der Waals surface area contributed by atoms with Crippen molar-refractivity contribution in [3.05, 3.63) is 75.9 Å². The number of hydrogen-bond donors (Lipinski definition) is 1. The lowest BCUT2D eigenvalue weighted by molar-refractivity contribution is -0.138. The molecule has 8 nitrogen and oxygen atoms in total. The van der Waals surface area contributed by atoms with Crippen molar-refractivity contribution in [1.82, 2.24) is 9.88 Å². The first-order valence-corrected chi connectivity index (χ1v) is 10.7. The predicted octanol–water partition coefficient (Wildman–Crippen LogP) is 4.76. The van der Waals surface area contributed by atoms with Crippen LogP contribution >= 0.6 is 15.9 Å². The zero-order valence-electron chi connectivity index (χ0n) is 17.7. The Kier molecular flexibility index (Phi) is 7.88. The fourth-order valence-corrected chi connectivity index (χ4v) is 3.30. The Hall–Kier alpha value is -3.33. The summed E-state index contributed by atoms with van der Waals surface area (Å²) in [6.45, 7) is 3.62. The van der Waals surface area contributed by atoms with Crippen molar-refractivity contribution in [3.8, 4) is 11.5 Å². The molecule has 1 heterocycles. The molecule has 0 aliphatic carbocycles. The van der Waals surface area contributed by atoms with Crippen molar-refractivity contribution in [1.29, 1.82) is 0 Å². The van der Waals surface area contributed by atoms with E-state index in [0.29, 0.717) is 36.0 Å². The Labute approximate surface area is 193 Å². The molecule has 2 aromatic carbocycles. The molecule has 3 rings (SSSR count). The van der Waals surface area contributed by atoms with E-state index in [9.17, 15) is 14.7 Å². The van der Waals surface area contributed by atoms with Crippen LogP contribution in [-0.2, 0) is 17.8 Å². The SMILES string of the molecule is Cc1nc(CCOc2cccc(CN(CC(=O)O)C(=O)Oc3ccc(Br)cc3)c2)c(C)o1. The molecule has 0 aliphatic heterocycles. The summed E-state index contributed by atoms with van der Waals surface area (Å²) in [6.07, 6.45) is -0.157. The number of carboxylic acid groups (broad SMARTS) is 1. The minimum atomic E-state index is -1.14. The molecule has 0 saturated carbocycles. The lowest BCUT2D eigenvalue weighted by Gasteiger charge is -2.20. The van der Waals surface area contributed by atoms with Crippen LogP contribution in [0.25, 0.3) is 0 Å². The van der Waals surface area contributed by atoms with Gasteiger partial charge in [0.25, 0.3) is 0 Å². The summed E-state index contributed by atoms with van der Waals surface area (Å²) in [4.78, 5) is 29.3. The first-order chi connectivity index (χ1) is 15.3. The number of halogens is 1. The Morgan fingerprint density at radius 1 is 1.12 bits per heavy atom. The highest BCUT2D eigenvalue weighted by atomic mass is 79.9. The van der Waals surface area contributed by atoms with E-state index in [-0.39, 0.29) is 6.54 Å². The Morgan fingerprint density at radius 2 is 1.88 bits per heavy atom. The number of aromatic nitrogens is 1. The first kappa shape index (κ1) is 23.3. The Bertz CT molecular complexity index is 1080. The van der Waals surface area contributed by atoms with E-state index in [2.05, 4.69) is 20.9 Å². The van der Waals surface area contributed by atoms with Crippen molar-refractivity contribution in [2.75, 3.05) is 13.2 Å². The van der Waals surface area contributed by atoms with E-state index in [4.69, 9.17) is 13.9 Å². The lowest BCUT2D eigenvalue weighted by Crippen LogP contribution is -2.37. The molecule has 1 amide bonds. The molecule has 1 aromatic heterocycles. The van der Waals surface area contributed by atoms with E-state index in [1.54, 1.807) is 55.5 Å². The molecule has 0 spiro atoms. The highest BCUT2D eigenvalue weighted by Crippen LogP contribution is 2.19. The van der Waals surface area contributed by atoms with Gasteiger partial charge in [0.1, 0.15) is 23.8 Å². The normalized spacial score (nSPS) is 10.6. The van der Waals surface area contributed by atoms with Gasteiger partial charge in [-0.2, -0.15) is 0 Å². The molecule has 0 fully saturated rings. The quantitative estimate of drug-likeness (QED) is 0.449. The van der Waals surface area contributed by atoms with Crippen LogP contribution in [0.1, 0.15) is 22.9 Å². The van der Waals surface area contributed by atoms with Gasteiger partial charge in [0.05, 0.1) is 12.3 Å². The number of rotatable bonds is 9. The van der Waals surface area contributed by atoms with E-state index in [1.165, 1.54) is 0 Å². The third-order valence-corrected chi connectivity index (χ3v) is 5.01. The van der Waals surface area contributed by atoms with Crippen molar-refractivity contribution in [2.45, 2.75) is 26.8 Å². The number of oxazole rings is 1. The van der Waals surface area contributed by atoms with Gasteiger partial charge in [0.2, 0.25) is 0 Å². The van der Waals surface area contributed by atoms with Crippen molar-refractivity contribution < 1.29 is 28.6 Å². The molecular weight excluding hydrogens is 480 g/mol. The number of hydrogen-bond acceptors (Lipinski definition) is 6. The van der Waals surface area contributed by atoms with Crippen molar-refractivity contribution >= 4 is 28.0 Å². The van der Waals surface area contributed by atoms with Gasteiger partial charge in [-0.3, -0.25) is 9.69 Å². The van der Waals surface area contributed by atoms with E-state index < -0.39 is 18.6 Å². The first-order valence-electron chi connectivity index (χ1n) is 9.89. The number of nitrogens with zero attached hydrogens (tertiary/aromatic N) is 2. The molecule has 0 unspecified atom stereocenters. The van der Waals surface area contributed by atoms with Gasteiger partial charge in [0.15, 0.2) is 5.89 Å².